The molecule has 7 nitrogen and oxygen atoms in total. The largest absolute Gasteiger partial charge is 0.475 e. The SMILES string of the molecule is Cc1oc(C(=O)O)cc1S(=O)(=O)NCCC(C)S(C)=O. The minimum absolute atomic E-state index is 0.0158. The summed E-state index contributed by atoms with van der Waals surface area (Å²) in [6.45, 7) is 3.26. The van der Waals surface area contributed by atoms with Gasteiger partial charge in [0.25, 0.3) is 0 Å². The first kappa shape index (κ1) is 16.9. The van der Waals surface area contributed by atoms with E-state index in [1.165, 1.54) is 6.92 Å². The maximum atomic E-state index is 12.0. The summed E-state index contributed by atoms with van der Waals surface area (Å²) in [5.41, 5.74) is 0. The lowest BCUT2D eigenvalue weighted by Crippen LogP contribution is -2.27. The zero-order chi connectivity index (χ0) is 15.5. The number of hydrogen-bond donors (Lipinski definition) is 2. The number of sulfonamides is 1. The minimum Gasteiger partial charge on any atom is -0.475 e. The number of furan rings is 1. The van der Waals surface area contributed by atoms with E-state index < -0.39 is 32.6 Å². The van der Waals surface area contributed by atoms with Gasteiger partial charge in [0.1, 0.15) is 10.7 Å². The van der Waals surface area contributed by atoms with E-state index in [0.717, 1.165) is 6.07 Å². The van der Waals surface area contributed by atoms with Crippen LogP contribution in [0.1, 0.15) is 29.7 Å². The van der Waals surface area contributed by atoms with E-state index in [2.05, 4.69) is 4.72 Å². The highest BCUT2D eigenvalue weighted by Gasteiger charge is 2.23. The average molecular weight is 323 g/mol. The van der Waals surface area contributed by atoms with Gasteiger partial charge in [-0.2, -0.15) is 0 Å². The maximum absolute atomic E-state index is 12.0. The van der Waals surface area contributed by atoms with E-state index in [-0.39, 0.29) is 22.5 Å². The third kappa shape index (κ3) is 4.15. The first-order valence-electron chi connectivity index (χ1n) is 5.80. The number of aromatic carboxylic acids is 1. The molecular weight excluding hydrogens is 306 g/mol. The molecule has 0 saturated carbocycles. The molecule has 0 saturated heterocycles. The first-order valence-corrected chi connectivity index (χ1v) is 8.91. The second-order valence-corrected chi connectivity index (χ2v) is 7.87. The van der Waals surface area contributed by atoms with E-state index in [4.69, 9.17) is 9.52 Å². The summed E-state index contributed by atoms with van der Waals surface area (Å²) in [5, 5.41) is 8.63. The highest BCUT2D eigenvalue weighted by atomic mass is 32.2. The normalized spacial score (nSPS) is 14.9. The molecule has 20 heavy (non-hydrogen) atoms. The molecule has 0 bridgehead atoms. The van der Waals surface area contributed by atoms with Gasteiger partial charge >= 0.3 is 5.97 Å². The van der Waals surface area contributed by atoms with Crippen molar-refractivity contribution in [2.45, 2.75) is 30.4 Å². The molecule has 0 aliphatic heterocycles. The van der Waals surface area contributed by atoms with E-state index in [0.29, 0.717) is 6.42 Å². The van der Waals surface area contributed by atoms with Gasteiger partial charge in [-0.1, -0.05) is 6.92 Å². The molecule has 1 heterocycles. The van der Waals surface area contributed by atoms with Crippen LogP contribution < -0.4 is 4.72 Å². The molecule has 1 aromatic rings. The highest BCUT2D eigenvalue weighted by molar-refractivity contribution is 7.89. The number of carboxylic acids is 1. The Labute approximate surface area is 119 Å². The van der Waals surface area contributed by atoms with Crippen LogP contribution in [0.25, 0.3) is 0 Å². The lowest BCUT2D eigenvalue weighted by Gasteiger charge is -2.09. The van der Waals surface area contributed by atoms with Gasteiger partial charge in [0.2, 0.25) is 15.8 Å². The van der Waals surface area contributed by atoms with Crippen LogP contribution in [0.15, 0.2) is 15.4 Å². The number of aryl methyl sites for hydroxylation is 1. The molecule has 2 atom stereocenters. The maximum Gasteiger partial charge on any atom is 0.371 e. The topological polar surface area (TPSA) is 114 Å². The first-order chi connectivity index (χ1) is 9.15. The van der Waals surface area contributed by atoms with E-state index >= 15 is 0 Å². The van der Waals surface area contributed by atoms with Crippen molar-refractivity contribution < 1.29 is 26.9 Å². The fourth-order valence-electron chi connectivity index (χ4n) is 1.48. The van der Waals surface area contributed by atoms with Crippen LogP contribution in [0.2, 0.25) is 0 Å². The number of carboxylic acid groups (broad SMARTS) is 1. The Morgan fingerprint density at radius 1 is 1.55 bits per heavy atom. The summed E-state index contributed by atoms with van der Waals surface area (Å²) in [6, 6.07) is 0.974. The molecule has 2 N–H and O–H groups in total. The summed E-state index contributed by atoms with van der Waals surface area (Å²) in [7, 11) is -4.85. The molecule has 0 aliphatic carbocycles. The monoisotopic (exact) mass is 323 g/mol. The highest BCUT2D eigenvalue weighted by Crippen LogP contribution is 2.19. The summed E-state index contributed by atoms with van der Waals surface area (Å²) in [6.07, 6.45) is 1.98. The van der Waals surface area contributed by atoms with Crippen LogP contribution in [-0.2, 0) is 20.8 Å². The van der Waals surface area contributed by atoms with Crippen molar-refractivity contribution in [3.63, 3.8) is 0 Å². The predicted molar refractivity (Wildman–Crippen MR) is 73.7 cm³/mol. The van der Waals surface area contributed by atoms with Crippen LogP contribution in [-0.4, -0.2) is 41.8 Å². The Bertz CT molecular complexity index is 619. The van der Waals surface area contributed by atoms with Gasteiger partial charge in [0.15, 0.2) is 0 Å². The zero-order valence-corrected chi connectivity index (χ0v) is 13.0. The molecule has 2 unspecified atom stereocenters. The number of carbonyl (C=O) groups is 1. The van der Waals surface area contributed by atoms with Crippen molar-refractivity contribution in [2.75, 3.05) is 12.8 Å². The van der Waals surface area contributed by atoms with Crippen molar-refractivity contribution in [1.82, 2.24) is 4.72 Å². The minimum atomic E-state index is -3.83. The summed E-state index contributed by atoms with van der Waals surface area (Å²) in [5.74, 6) is -1.74. The number of rotatable bonds is 7. The summed E-state index contributed by atoms with van der Waals surface area (Å²) < 4.78 is 42.4. The Morgan fingerprint density at radius 2 is 2.15 bits per heavy atom. The Balaban J connectivity index is 2.79. The van der Waals surface area contributed by atoms with E-state index in [9.17, 15) is 17.4 Å². The third-order valence-corrected chi connectivity index (χ3v) is 5.72. The molecule has 1 aromatic heterocycles. The second-order valence-electron chi connectivity index (χ2n) is 4.33. The molecular formula is C11H17NO6S2. The van der Waals surface area contributed by atoms with Gasteiger partial charge in [-0.25, -0.2) is 17.9 Å². The molecule has 0 radical (unpaired) electrons. The second kappa shape index (κ2) is 6.51. The lowest BCUT2D eigenvalue weighted by atomic mass is 10.3. The predicted octanol–water partition coefficient (Wildman–Crippen LogP) is 0.722. The van der Waals surface area contributed by atoms with Crippen molar-refractivity contribution in [3.8, 4) is 0 Å². The van der Waals surface area contributed by atoms with Crippen molar-refractivity contribution >= 4 is 26.8 Å². The van der Waals surface area contributed by atoms with Crippen LogP contribution >= 0.6 is 0 Å². The molecule has 0 fully saturated rings. The fraction of sp³-hybridized carbons (Fsp3) is 0.545. The van der Waals surface area contributed by atoms with Gasteiger partial charge in [-0.3, -0.25) is 4.21 Å². The van der Waals surface area contributed by atoms with Crippen LogP contribution in [0.5, 0.6) is 0 Å². The molecule has 9 heteroatoms. The molecule has 0 spiro atoms. The molecule has 0 amide bonds. The van der Waals surface area contributed by atoms with Gasteiger partial charge in [-0.05, 0) is 13.3 Å². The smallest absolute Gasteiger partial charge is 0.371 e. The third-order valence-electron chi connectivity index (χ3n) is 2.78. The molecule has 1 rings (SSSR count). The van der Waals surface area contributed by atoms with Crippen LogP contribution in [0.3, 0.4) is 0 Å². The van der Waals surface area contributed by atoms with Gasteiger partial charge in [-0.15, -0.1) is 0 Å². The van der Waals surface area contributed by atoms with Crippen molar-refractivity contribution in [3.05, 3.63) is 17.6 Å². The standard InChI is InChI=1S/C11H17NO6S2/c1-7(19(3)15)4-5-12-20(16,17)10-6-9(11(13)14)18-8(10)2/h6-7,12H,4-5H2,1-3H3,(H,13,14). The zero-order valence-electron chi connectivity index (χ0n) is 11.4. The molecule has 0 aliphatic rings. The Morgan fingerprint density at radius 3 is 2.60 bits per heavy atom. The fourth-order valence-corrected chi connectivity index (χ4v) is 3.15. The van der Waals surface area contributed by atoms with Crippen LogP contribution in [0, 0.1) is 6.92 Å². The van der Waals surface area contributed by atoms with Gasteiger partial charge in [0, 0.05) is 34.9 Å². The Kier molecular flexibility index (Phi) is 5.49. The van der Waals surface area contributed by atoms with Crippen molar-refractivity contribution in [1.29, 1.82) is 0 Å². The summed E-state index contributed by atoms with van der Waals surface area (Å²) >= 11 is 0. The van der Waals surface area contributed by atoms with Gasteiger partial charge in [0.05, 0.1) is 0 Å². The van der Waals surface area contributed by atoms with E-state index in [1.54, 1.807) is 13.2 Å². The average Bonchev–Trinajstić information content (AvgIpc) is 2.71. The molecule has 114 valence electrons. The number of nitrogens with one attached hydrogen (secondary N) is 1. The van der Waals surface area contributed by atoms with E-state index in [1.807, 2.05) is 0 Å². The van der Waals surface area contributed by atoms with Crippen molar-refractivity contribution in [2.24, 2.45) is 0 Å². The Hall–Kier alpha value is -1.19. The quantitative estimate of drug-likeness (QED) is 0.764. The summed E-state index contributed by atoms with van der Waals surface area (Å²) in [4.78, 5) is 10.5. The number of hydrogen-bond acceptors (Lipinski definition) is 5. The molecule has 0 aromatic carbocycles. The van der Waals surface area contributed by atoms with Gasteiger partial charge < -0.3 is 9.52 Å². The lowest BCUT2D eigenvalue weighted by molar-refractivity contribution is 0.0661. The van der Waals surface area contributed by atoms with Crippen LogP contribution in [0.4, 0.5) is 0 Å².